The van der Waals surface area contributed by atoms with Crippen molar-refractivity contribution in [3.8, 4) is 0 Å². The Morgan fingerprint density at radius 3 is 2.61 bits per heavy atom. The first-order valence-electron chi connectivity index (χ1n) is 8.48. The summed E-state index contributed by atoms with van der Waals surface area (Å²) < 4.78 is 0. The molecule has 0 unspecified atom stereocenters. The van der Waals surface area contributed by atoms with E-state index in [-0.39, 0.29) is 23.1 Å². The summed E-state index contributed by atoms with van der Waals surface area (Å²) in [5, 5.41) is 2.56. The molecule has 2 amide bonds. The molecular formula is C19H24N2O2. The van der Waals surface area contributed by atoms with Crippen LogP contribution in [0.4, 0.5) is 0 Å². The summed E-state index contributed by atoms with van der Waals surface area (Å²) in [6.07, 6.45) is 2.44. The van der Waals surface area contributed by atoms with Crippen molar-refractivity contribution in [2.75, 3.05) is 0 Å². The third-order valence-corrected chi connectivity index (χ3v) is 5.60. The lowest BCUT2D eigenvalue weighted by Gasteiger charge is -2.54. The maximum Gasteiger partial charge on any atom is 0.247 e. The highest BCUT2D eigenvalue weighted by Crippen LogP contribution is 2.49. The molecule has 3 heterocycles. The average Bonchev–Trinajstić information content (AvgIpc) is 2.80. The van der Waals surface area contributed by atoms with Crippen molar-refractivity contribution in [2.24, 2.45) is 11.3 Å². The molecule has 4 heteroatoms. The molecule has 2 saturated heterocycles. The SMILES string of the molecule is CC(C)(C)Cc1cccc2c1CN(C13CC(C1)C(=O)NC3=O)C2. The number of carbonyl (C=O) groups excluding carboxylic acids is 2. The van der Waals surface area contributed by atoms with Gasteiger partial charge in [0, 0.05) is 19.0 Å². The van der Waals surface area contributed by atoms with E-state index in [1.54, 1.807) is 0 Å². The van der Waals surface area contributed by atoms with E-state index in [0.717, 1.165) is 19.5 Å². The summed E-state index contributed by atoms with van der Waals surface area (Å²) in [5.41, 5.74) is 3.93. The molecule has 0 radical (unpaired) electrons. The van der Waals surface area contributed by atoms with Crippen LogP contribution in [0.5, 0.6) is 0 Å². The maximum absolute atomic E-state index is 12.4. The molecule has 2 bridgehead atoms. The van der Waals surface area contributed by atoms with Crippen molar-refractivity contribution in [2.45, 2.75) is 58.7 Å². The van der Waals surface area contributed by atoms with Crippen LogP contribution in [0.25, 0.3) is 0 Å². The number of amides is 2. The van der Waals surface area contributed by atoms with Gasteiger partial charge in [-0.2, -0.15) is 0 Å². The first kappa shape index (κ1) is 14.9. The second-order valence-corrected chi connectivity index (χ2v) is 8.60. The van der Waals surface area contributed by atoms with Crippen LogP contribution in [0.2, 0.25) is 0 Å². The van der Waals surface area contributed by atoms with Gasteiger partial charge in [-0.25, -0.2) is 0 Å². The number of hydrogen-bond donors (Lipinski definition) is 1. The first-order chi connectivity index (χ1) is 10.8. The number of nitrogens with zero attached hydrogens (tertiary/aromatic N) is 1. The summed E-state index contributed by atoms with van der Waals surface area (Å²) in [6.45, 7) is 8.43. The van der Waals surface area contributed by atoms with Gasteiger partial charge in [-0.1, -0.05) is 39.0 Å². The largest absolute Gasteiger partial charge is 0.295 e. The molecule has 122 valence electrons. The predicted octanol–water partition coefficient (Wildman–Crippen LogP) is 2.40. The van der Waals surface area contributed by atoms with E-state index in [4.69, 9.17) is 0 Å². The van der Waals surface area contributed by atoms with Gasteiger partial charge in [0.2, 0.25) is 11.8 Å². The van der Waals surface area contributed by atoms with Crippen LogP contribution >= 0.6 is 0 Å². The van der Waals surface area contributed by atoms with Gasteiger partial charge in [0.15, 0.2) is 0 Å². The molecule has 3 aliphatic heterocycles. The van der Waals surface area contributed by atoms with Gasteiger partial charge < -0.3 is 0 Å². The number of fused-ring (bicyclic) bond motifs is 3. The van der Waals surface area contributed by atoms with Gasteiger partial charge in [-0.15, -0.1) is 0 Å². The number of hydrogen-bond acceptors (Lipinski definition) is 3. The molecule has 1 aromatic rings. The van der Waals surface area contributed by atoms with Gasteiger partial charge >= 0.3 is 0 Å². The topological polar surface area (TPSA) is 49.4 Å². The van der Waals surface area contributed by atoms with Gasteiger partial charge in [0.1, 0.15) is 5.54 Å². The molecule has 1 N–H and O–H groups in total. The van der Waals surface area contributed by atoms with Crippen molar-refractivity contribution in [3.63, 3.8) is 0 Å². The number of carbonyl (C=O) groups is 2. The molecule has 3 fully saturated rings. The van der Waals surface area contributed by atoms with Crippen LogP contribution in [0.15, 0.2) is 18.2 Å². The van der Waals surface area contributed by atoms with Gasteiger partial charge in [-0.3, -0.25) is 19.8 Å². The number of benzene rings is 1. The normalized spacial score (nSPS) is 30.0. The fourth-order valence-corrected chi connectivity index (χ4v) is 4.39. The van der Waals surface area contributed by atoms with E-state index in [1.807, 2.05) is 0 Å². The Morgan fingerprint density at radius 1 is 1.22 bits per heavy atom. The minimum atomic E-state index is -0.448. The molecule has 5 rings (SSSR count). The van der Waals surface area contributed by atoms with E-state index < -0.39 is 5.54 Å². The summed E-state index contributed by atoms with van der Waals surface area (Å²) >= 11 is 0. The second-order valence-electron chi connectivity index (χ2n) is 8.60. The van der Waals surface area contributed by atoms with E-state index >= 15 is 0 Å². The van der Waals surface area contributed by atoms with Crippen molar-refractivity contribution < 1.29 is 9.59 Å². The molecule has 4 aliphatic rings. The van der Waals surface area contributed by atoms with Crippen LogP contribution in [0.3, 0.4) is 0 Å². The van der Waals surface area contributed by atoms with Crippen molar-refractivity contribution in [3.05, 3.63) is 34.9 Å². The number of piperidine rings is 2. The molecule has 1 saturated carbocycles. The van der Waals surface area contributed by atoms with Gasteiger partial charge in [-0.05, 0) is 41.4 Å². The Morgan fingerprint density at radius 2 is 1.96 bits per heavy atom. The minimum absolute atomic E-state index is 0.0328. The molecule has 0 atom stereocenters. The van der Waals surface area contributed by atoms with Gasteiger partial charge in [0.25, 0.3) is 0 Å². The monoisotopic (exact) mass is 312 g/mol. The highest BCUT2D eigenvalue weighted by atomic mass is 16.2. The Hall–Kier alpha value is -1.68. The van der Waals surface area contributed by atoms with Crippen LogP contribution in [0.1, 0.15) is 50.3 Å². The Kier molecular flexibility index (Phi) is 3.02. The average molecular weight is 312 g/mol. The molecule has 1 aromatic carbocycles. The van der Waals surface area contributed by atoms with E-state index in [0.29, 0.717) is 12.8 Å². The summed E-state index contributed by atoms with van der Waals surface area (Å²) in [6, 6.07) is 6.54. The third-order valence-electron chi connectivity index (χ3n) is 5.60. The van der Waals surface area contributed by atoms with Gasteiger partial charge in [0.05, 0.1) is 0 Å². The fraction of sp³-hybridized carbons (Fsp3) is 0.579. The predicted molar refractivity (Wildman–Crippen MR) is 87.5 cm³/mol. The van der Waals surface area contributed by atoms with Crippen LogP contribution in [-0.2, 0) is 29.1 Å². The Labute approximate surface area is 137 Å². The maximum atomic E-state index is 12.4. The molecule has 1 aliphatic carbocycles. The van der Waals surface area contributed by atoms with E-state index in [1.165, 1.54) is 16.7 Å². The molecule has 23 heavy (non-hydrogen) atoms. The van der Waals surface area contributed by atoms with Crippen molar-refractivity contribution >= 4 is 11.8 Å². The van der Waals surface area contributed by atoms with Crippen LogP contribution in [-0.4, -0.2) is 22.3 Å². The van der Waals surface area contributed by atoms with E-state index in [2.05, 4.69) is 49.2 Å². The number of nitrogens with one attached hydrogen (secondary N) is 1. The Balaban J connectivity index is 1.61. The lowest BCUT2D eigenvalue weighted by atomic mass is 9.63. The number of imide groups is 1. The minimum Gasteiger partial charge on any atom is -0.295 e. The molecule has 0 aromatic heterocycles. The quantitative estimate of drug-likeness (QED) is 0.853. The molecular weight excluding hydrogens is 288 g/mol. The zero-order valence-corrected chi connectivity index (χ0v) is 14.1. The molecule has 0 spiro atoms. The zero-order valence-electron chi connectivity index (χ0n) is 14.1. The lowest BCUT2D eigenvalue weighted by Crippen LogP contribution is -2.72. The Bertz CT molecular complexity index is 696. The van der Waals surface area contributed by atoms with E-state index in [9.17, 15) is 9.59 Å². The third kappa shape index (κ3) is 2.23. The smallest absolute Gasteiger partial charge is 0.247 e. The summed E-state index contributed by atoms with van der Waals surface area (Å²) in [7, 11) is 0. The highest BCUT2D eigenvalue weighted by molar-refractivity contribution is 6.07. The second kappa shape index (κ2) is 4.67. The van der Waals surface area contributed by atoms with Crippen molar-refractivity contribution in [1.29, 1.82) is 0 Å². The van der Waals surface area contributed by atoms with Crippen molar-refractivity contribution in [1.82, 2.24) is 10.2 Å². The fourth-order valence-electron chi connectivity index (χ4n) is 4.39. The first-order valence-corrected chi connectivity index (χ1v) is 8.48. The molecule has 4 nitrogen and oxygen atoms in total. The standard InChI is InChI=1S/C19H24N2O2/c1-18(2,3)7-12-5-4-6-13-10-21(11-15(12)13)19-8-14(9-19)16(22)20-17(19)23/h4-6,14H,7-11H2,1-3H3,(H,20,22,23). The van der Waals surface area contributed by atoms with Crippen LogP contribution in [0, 0.1) is 11.3 Å². The number of rotatable bonds is 2. The summed E-state index contributed by atoms with van der Waals surface area (Å²) in [5.74, 6) is -0.136. The summed E-state index contributed by atoms with van der Waals surface area (Å²) in [4.78, 5) is 26.4. The highest BCUT2D eigenvalue weighted by Gasteiger charge is 2.61. The zero-order chi connectivity index (χ0) is 16.4. The lowest BCUT2D eigenvalue weighted by molar-refractivity contribution is -0.164. The van der Waals surface area contributed by atoms with Crippen LogP contribution < -0.4 is 5.32 Å².